The first-order chi connectivity index (χ1) is 8.19. The summed E-state index contributed by atoms with van der Waals surface area (Å²) in [6.07, 6.45) is 1.05. The molecular formula is C11H15Cl2N3O2. The molecule has 0 radical (unpaired) electrons. The quantitative estimate of drug-likeness (QED) is 0.620. The Bertz CT molecular complexity index is 446. The minimum absolute atomic E-state index is 0.0728. The Hall–Kier alpha value is -1.07. The number of aromatic nitrogens is 2. The molecule has 1 rings (SSSR count). The van der Waals surface area contributed by atoms with Crippen molar-refractivity contribution in [3.63, 3.8) is 0 Å². The van der Waals surface area contributed by atoms with Gasteiger partial charge in [0.05, 0.1) is 6.54 Å². The van der Waals surface area contributed by atoms with E-state index in [1.165, 1.54) is 11.1 Å². The number of carbonyl (C=O) groups is 1. The zero-order valence-corrected chi connectivity index (χ0v) is 12.2. The van der Waals surface area contributed by atoms with E-state index in [1.807, 2.05) is 0 Å². The van der Waals surface area contributed by atoms with Gasteiger partial charge in [0, 0.05) is 18.8 Å². The lowest BCUT2D eigenvalue weighted by atomic mass is 10.2. The van der Waals surface area contributed by atoms with Crippen LogP contribution in [0.25, 0.3) is 0 Å². The van der Waals surface area contributed by atoms with Gasteiger partial charge in [-0.3, -0.25) is 0 Å². The van der Waals surface area contributed by atoms with E-state index in [9.17, 15) is 4.79 Å². The zero-order valence-electron chi connectivity index (χ0n) is 10.7. The van der Waals surface area contributed by atoms with Gasteiger partial charge in [-0.1, -0.05) is 11.6 Å². The van der Waals surface area contributed by atoms with E-state index in [2.05, 4.69) is 9.97 Å². The van der Waals surface area contributed by atoms with Crippen molar-refractivity contribution in [2.75, 3.05) is 7.05 Å². The summed E-state index contributed by atoms with van der Waals surface area (Å²) < 4.78 is 5.21. The topological polar surface area (TPSA) is 55.3 Å². The smallest absolute Gasteiger partial charge is 0.410 e. The molecule has 1 aromatic heterocycles. The van der Waals surface area contributed by atoms with Crippen LogP contribution >= 0.6 is 23.2 Å². The molecule has 0 aromatic carbocycles. The van der Waals surface area contributed by atoms with Crippen molar-refractivity contribution in [2.45, 2.75) is 32.9 Å². The summed E-state index contributed by atoms with van der Waals surface area (Å²) in [5.41, 5.74) is 0.0699. The summed E-state index contributed by atoms with van der Waals surface area (Å²) >= 11 is 11.5. The third kappa shape index (κ3) is 4.66. The lowest BCUT2D eigenvalue weighted by molar-refractivity contribution is 0.0285. The number of halogens is 2. The predicted octanol–water partition coefficient (Wildman–Crippen LogP) is 3.15. The van der Waals surface area contributed by atoms with Gasteiger partial charge in [0.1, 0.15) is 10.8 Å². The van der Waals surface area contributed by atoms with Crippen molar-refractivity contribution < 1.29 is 9.53 Å². The maximum atomic E-state index is 11.7. The lowest BCUT2D eigenvalue weighted by Crippen LogP contribution is -2.33. The fourth-order valence-corrected chi connectivity index (χ4v) is 1.50. The molecule has 0 aliphatic carbocycles. The standard InChI is InChI=1S/C11H15Cl2N3O2/c1-11(2,3)18-10(17)16(4)6-7-5-14-9(13)15-8(7)12/h5H,6H2,1-4H3. The van der Waals surface area contributed by atoms with Crippen molar-refractivity contribution in [2.24, 2.45) is 0 Å². The highest BCUT2D eigenvalue weighted by Gasteiger charge is 2.20. The molecule has 0 fully saturated rings. The molecule has 5 nitrogen and oxygen atoms in total. The van der Waals surface area contributed by atoms with Gasteiger partial charge >= 0.3 is 6.09 Å². The highest BCUT2D eigenvalue weighted by atomic mass is 35.5. The minimum atomic E-state index is -0.536. The van der Waals surface area contributed by atoms with Crippen molar-refractivity contribution in [1.82, 2.24) is 14.9 Å². The average molecular weight is 292 g/mol. The molecule has 0 saturated heterocycles. The summed E-state index contributed by atoms with van der Waals surface area (Å²) in [6.45, 7) is 5.66. The molecule has 1 amide bonds. The molecule has 7 heteroatoms. The summed E-state index contributed by atoms with van der Waals surface area (Å²) in [4.78, 5) is 20.7. The van der Waals surface area contributed by atoms with E-state index in [0.29, 0.717) is 5.56 Å². The molecule has 1 heterocycles. The van der Waals surface area contributed by atoms with E-state index < -0.39 is 11.7 Å². The first-order valence-corrected chi connectivity index (χ1v) is 6.05. The Kier molecular flexibility index (Phi) is 4.76. The molecule has 0 aliphatic heterocycles. The SMILES string of the molecule is CN(Cc1cnc(Cl)nc1Cl)C(=O)OC(C)(C)C. The Morgan fingerprint density at radius 1 is 1.44 bits per heavy atom. The van der Waals surface area contributed by atoms with E-state index in [0.717, 1.165) is 0 Å². The summed E-state index contributed by atoms with van der Waals surface area (Å²) in [7, 11) is 1.61. The number of hydrogen-bond acceptors (Lipinski definition) is 4. The predicted molar refractivity (Wildman–Crippen MR) is 69.8 cm³/mol. The first kappa shape index (κ1) is 15.0. The van der Waals surface area contributed by atoms with Crippen LogP contribution in [0.4, 0.5) is 4.79 Å². The van der Waals surface area contributed by atoms with Crippen LogP contribution in [0, 0.1) is 0 Å². The van der Waals surface area contributed by atoms with Crippen molar-refractivity contribution >= 4 is 29.3 Å². The second-order valence-electron chi connectivity index (χ2n) is 4.79. The third-order valence-electron chi connectivity index (χ3n) is 1.89. The molecule has 0 saturated carbocycles. The van der Waals surface area contributed by atoms with Crippen LogP contribution in [-0.2, 0) is 11.3 Å². The normalized spacial score (nSPS) is 11.2. The summed E-state index contributed by atoms with van der Waals surface area (Å²) in [6, 6.07) is 0. The molecule has 0 unspecified atom stereocenters. The van der Waals surface area contributed by atoms with Crippen LogP contribution < -0.4 is 0 Å². The summed E-state index contributed by atoms with van der Waals surface area (Å²) in [5.74, 6) is 0. The number of nitrogens with zero attached hydrogens (tertiary/aromatic N) is 3. The molecule has 1 aromatic rings. The molecule has 100 valence electrons. The Balaban J connectivity index is 2.69. The fraction of sp³-hybridized carbons (Fsp3) is 0.545. The number of rotatable bonds is 2. The maximum absolute atomic E-state index is 11.7. The highest BCUT2D eigenvalue weighted by Crippen LogP contribution is 2.17. The van der Waals surface area contributed by atoms with Gasteiger partial charge in [0.2, 0.25) is 5.28 Å². The maximum Gasteiger partial charge on any atom is 0.410 e. The second-order valence-corrected chi connectivity index (χ2v) is 5.49. The van der Waals surface area contributed by atoms with Gasteiger partial charge in [0.15, 0.2) is 0 Å². The van der Waals surface area contributed by atoms with Gasteiger partial charge in [-0.15, -0.1) is 0 Å². The van der Waals surface area contributed by atoms with Crippen molar-refractivity contribution in [1.29, 1.82) is 0 Å². The number of hydrogen-bond donors (Lipinski definition) is 0. The van der Waals surface area contributed by atoms with Crippen LogP contribution in [0.1, 0.15) is 26.3 Å². The lowest BCUT2D eigenvalue weighted by Gasteiger charge is -2.24. The first-order valence-electron chi connectivity index (χ1n) is 5.30. The monoisotopic (exact) mass is 291 g/mol. The molecule has 0 spiro atoms. The number of carbonyl (C=O) groups excluding carboxylic acids is 1. The molecule has 0 aliphatic rings. The average Bonchev–Trinajstić information content (AvgIpc) is 2.19. The van der Waals surface area contributed by atoms with Crippen molar-refractivity contribution in [3.8, 4) is 0 Å². The molecule has 18 heavy (non-hydrogen) atoms. The number of ether oxygens (including phenoxy) is 1. The summed E-state index contributed by atoms with van der Waals surface area (Å²) in [5, 5.41) is 0.300. The van der Waals surface area contributed by atoms with Crippen LogP contribution in [0.5, 0.6) is 0 Å². The van der Waals surface area contributed by atoms with Gasteiger partial charge in [0.25, 0.3) is 0 Å². The van der Waals surface area contributed by atoms with Gasteiger partial charge in [-0.2, -0.15) is 0 Å². The van der Waals surface area contributed by atoms with Crippen molar-refractivity contribution in [3.05, 3.63) is 22.2 Å². The molecular weight excluding hydrogens is 277 g/mol. The molecule has 0 atom stereocenters. The van der Waals surface area contributed by atoms with Crippen LogP contribution in [-0.4, -0.2) is 33.6 Å². The van der Waals surface area contributed by atoms with Gasteiger partial charge in [-0.25, -0.2) is 14.8 Å². The van der Waals surface area contributed by atoms with E-state index >= 15 is 0 Å². The van der Waals surface area contributed by atoms with Crippen LogP contribution in [0.2, 0.25) is 10.4 Å². The van der Waals surface area contributed by atoms with E-state index in [-0.39, 0.29) is 17.0 Å². The third-order valence-corrected chi connectivity index (χ3v) is 2.40. The zero-order chi connectivity index (χ0) is 13.9. The largest absolute Gasteiger partial charge is 0.444 e. The van der Waals surface area contributed by atoms with Gasteiger partial charge in [-0.05, 0) is 32.4 Å². The highest BCUT2D eigenvalue weighted by molar-refractivity contribution is 6.32. The Morgan fingerprint density at radius 2 is 2.06 bits per heavy atom. The fourth-order valence-electron chi connectivity index (χ4n) is 1.13. The van der Waals surface area contributed by atoms with Crippen LogP contribution in [0.3, 0.4) is 0 Å². The Morgan fingerprint density at radius 3 is 2.56 bits per heavy atom. The minimum Gasteiger partial charge on any atom is -0.444 e. The Labute approximate surface area is 116 Å². The number of amides is 1. The van der Waals surface area contributed by atoms with E-state index in [1.54, 1.807) is 27.8 Å². The van der Waals surface area contributed by atoms with Crippen LogP contribution in [0.15, 0.2) is 6.20 Å². The molecule has 0 bridgehead atoms. The van der Waals surface area contributed by atoms with Gasteiger partial charge < -0.3 is 9.64 Å². The molecule has 0 N–H and O–H groups in total. The second kappa shape index (κ2) is 5.71. The van der Waals surface area contributed by atoms with E-state index in [4.69, 9.17) is 27.9 Å².